The summed E-state index contributed by atoms with van der Waals surface area (Å²) in [7, 11) is 1.65. The molecule has 5 heteroatoms. The molecule has 0 fully saturated rings. The zero-order valence-electron chi connectivity index (χ0n) is 14.1. The number of para-hydroxylation sites is 1. The zero-order chi connectivity index (χ0) is 17.0. The van der Waals surface area contributed by atoms with Crippen molar-refractivity contribution in [2.24, 2.45) is 5.10 Å². The van der Waals surface area contributed by atoms with Gasteiger partial charge in [0, 0.05) is 24.1 Å². The second-order valence-electron chi connectivity index (χ2n) is 6.86. The number of methoxy groups -OCH3 is 1. The largest absolute Gasteiger partial charge is 0.497 e. The normalized spacial score (nSPS) is 23.5. The summed E-state index contributed by atoms with van der Waals surface area (Å²) in [4.78, 5) is 15.2. The Kier molecular flexibility index (Phi) is 2.95. The topological polar surface area (TPSA) is 53.9 Å². The van der Waals surface area contributed by atoms with Crippen LogP contribution in [0.25, 0.3) is 0 Å². The molecule has 1 amide bonds. The molecular weight excluding hydrogens is 314 g/mol. The quantitative estimate of drug-likeness (QED) is 0.919. The summed E-state index contributed by atoms with van der Waals surface area (Å²) < 4.78 is 5.32. The van der Waals surface area contributed by atoms with Crippen molar-refractivity contribution in [3.8, 4) is 5.75 Å². The highest BCUT2D eigenvalue weighted by molar-refractivity contribution is 6.14. The minimum absolute atomic E-state index is 0.122. The van der Waals surface area contributed by atoms with Gasteiger partial charge in [-0.2, -0.15) is 5.10 Å². The molecule has 3 aliphatic rings. The first kappa shape index (κ1) is 14.5. The Balaban J connectivity index is 1.57. The average Bonchev–Trinajstić information content (AvgIpc) is 3.21. The molecule has 5 rings (SSSR count). The van der Waals surface area contributed by atoms with E-state index in [0.29, 0.717) is 6.42 Å². The lowest BCUT2D eigenvalue weighted by atomic mass is 9.85. The standard InChI is InChI=1S/C20H19N3O2/c1-25-15-8-2-6-14(11-15)17-12-20(22-21-17)16-9-3-5-13-7-4-10-23(18(13)16)19(20)24/h2-3,5-6,8-9,11,22H,4,7,10,12H2,1H3. The lowest BCUT2D eigenvalue weighted by molar-refractivity contribution is -0.123. The van der Waals surface area contributed by atoms with Crippen molar-refractivity contribution >= 4 is 17.3 Å². The fraction of sp³-hybridized carbons (Fsp3) is 0.300. The van der Waals surface area contributed by atoms with Crippen LogP contribution in [0.3, 0.4) is 0 Å². The fourth-order valence-corrected chi connectivity index (χ4v) is 4.29. The van der Waals surface area contributed by atoms with Crippen LogP contribution in [0.2, 0.25) is 0 Å². The van der Waals surface area contributed by atoms with E-state index in [1.165, 1.54) is 5.56 Å². The lowest BCUT2D eigenvalue weighted by Gasteiger charge is -2.26. The van der Waals surface area contributed by atoms with E-state index in [2.05, 4.69) is 28.7 Å². The van der Waals surface area contributed by atoms with Gasteiger partial charge in [0.15, 0.2) is 5.54 Å². The average molecular weight is 333 g/mol. The molecule has 126 valence electrons. The summed E-state index contributed by atoms with van der Waals surface area (Å²) in [6.45, 7) is 0.792. The molecule has 0 saturated carbocycles. The molecule has 3 heterocycles. The first-order valence-corrected chi connectivity index (χ1v) is 8.65. The lowest BCUT2D eigenvalue weighted by Crippen LogP contribution is -2.47. The van der Waals surface area contributed by atoms with E-state index in [-0.39, 0.29) is 5.91 Å². The fourth-order valence-electron chi connectivity index (χ4n) is 4.29. The van der Waals surface area contributed by atoms with Crippen LogP contribution in [-0.4, -0.2) is 25.3 Å². The maximum atomic E-state index is 13.3. The number of carbonyl (C=O) groups excluding carboxylic acids is 1. The first-order valence-electron chi connectivity index (χ1n) is 8.65. The van der Waals surface area contributed by atoms with E-state index in [1.807, 2.05) is 29.2 Å². The molecule has 0 bridgehead atoms. The Morgan fingerprint density at radius 3 is 3.00 bits per heavy atom. The third-order valence-corrected chi connectivity index (χ3v) is 5.50. The minimum atomic E-state index is -0.756. The summed E-state index contributed by atoms with van der Waals surface area (Å²) >= 11 is 0. The summed E-state index contributed by atoms with van der Waals surface area (Å²) in [6.07, 6.45) is 2.61. The molecule has 3 aliphatic heterocycles. The van der Waals surface area contributed by atoms with Crippen molar-refractivity contribution in [3.05, 3.63) is 59.2 Å². The number of benzene rings is 2. The smallest absolute Gasteiger partial charge is 0.259 e. The molecule has 2 aromatic rings. The van der Waals surface area contributed by atoms with Gasteiger partial charge in [-0.1, -0.05) is 30.3 Å². The highest BCUT2D eigenvalue weighted by Crippen LogP contribution is 2.48. The van der Waals surface area contributed by atoms with Gasteiger partial charge >= 0.3 is 0 Å². The van der Waals surface area contributed by atoms with E-state index in [9.17, 15) is 4.79 Å². The van der Waals surface area contributed by atoms with Gasteiger partial charge in [-0.15, -0.1) is 0 Å². The number of fused-ring (bicyclic) bond motifs is 1. The number of rotatable bonds is 2. The molecule has 5 nitrogen and oxygen atoms in total. The van der Waals surface area contributed by atoms with Gasteiger partial charge < -0.3 is 9.64 Å². The predicted octanol–water partition coefficient (Wildman–Crippen LogP) is 2.58. The second kappa shape index (κ2) is 5.09. The summed E-state index contributed by atoms with van der Waals surface area (Å²) in [5.41, 5.74) is 7.77. The van der Waals surface area contributed by atoms with E-state index < -0.39 is 5.54 Å². The molecule has 1 atom stereocenters. The van der Waals surface area contributed by atoms with Crippen LogP contribution in [0.5, 0.6) is 5.75 Å². The molecule has 25 heavy (non-hydrogen) atoms. The molecule has 0 saturated heterocycles. The third-order valence-electron chi connectivity index (χ3n) is 5.50. The van der Waals surface area contributed by atoms with Crippen LogP contribution in [0.15, 0.2) is 47.6 Å². The third kappa shape index (κ3) is 1.89. The SMILES string of the molecule is COc1cccc(C2=NNC3(C2)C(=O)N2CCCc4cccc3c42)c1. The molecule has 2 aromatic carbocycles. The van der Waals surface area contributed by atoms with Crippen molar-refractivity contribution in [2.45, 2.75) is 24.8 Å². The zero-order valence-corrected chi connectivity index (χ0v) is 14.1. The van der Waals surface area contributed by atoms with Gasteiger partial charge in [0.1, 0.15) is 5.75 Å². The van der Waals surface area contributed by atoms with Crippen molar-refractivity contribution < 1.29 is 9.53 Å². The van der Waals surface area contributed by atoms with Gasteiger partial charge in [0.2, 0.25) is 0 Å². The molecule has 1 N–H and O–H groups in total. The van der Waals surface area contributed by atoms with Crippen LogP contribution in [0.1, 0.15) is 29.5 Å². The molecule has 0 aliphatic carbocycles. The highest BCUT2D eigenvalue weighted by Gasteiger charge is 2.55. The summed E-state index contributed by atoms with van der Waals surface area (Å²) in [5.74, 6) is 0.914. The number of carbonyl (C=O) groups is 1. The molecule has 0 aromatic heterocycles. The minimum Gasteiger partial charge on any atom is -0.497 e. The van der Waals surface area contributed by atoms with Crippen molar-refractivity contribution in [3.63, 3.8) is 0 Å². The van der Waals surface area contributed by atoms with Crippen LogP contribution in [0.4, 0.5) is 5.69 Å². The van der Waals surface area contributed by atoms with Crippen LogP contribution >= 0.6 is 0 Å². The number of nitrogens with one attached hydrogen (secondary N) is 1. The Bertz CT molecular complexity index is 921. The van der Waals surface area contributed by atoms with Gasteiger partial charge in [-0.3, -0.25) is 10.2 Å². The van der Waals surface area contributed by atoms with Crippen LogP contribution in [0, 0.1) is 0 Å². The van der Waals surface area contributed by atoms with Gasteiger partial charge in [0.05, 0.1) is 18.5 Å². The Morgan fingerprint density at radius 1 is 1.24 bits per heavy atom. The van der Waals surface area contributed by atoms with Crippen molar-refractivity contribution in [2.75, 3.05) is 18.6 Å². The van der Waals surface area contributed by atoms with Gasteiger partial charge in [-0.25, -0.2) is 0 Å². The molecule has 0 radical (unpaired) electrons. The molecule has 1 unspecified atom stereocenters. The number of hydrogen-bond donors (Lipinski definition) is 1. The van der Waals surface area contributed by atoms with Gasteiger partial charge in [0.25, 0.3) is 5.91 Å². The van der Waals surface area contributed by atoms with Crippen LogP contribution < -0.4 is 15.1 Å². The van der Waals surface area contributed by atoms with Crippen LogP contribution in [-0.2, 0) is 16.8 Å². The molecular formula is C20H19N3O2. The van der Waals surface area contributed by atoms with E-state index in [0.717, 1.165) is 47.7 Å². The number of aryl methyl sites for hydroxylation is 1. The maximum absolute atomic E-state index is 13.3. The predicted molar refractivity (Wildman–Crippen MR) is 96.1 cm³/mol. The summed E-state index contributed by atoms with van der Waals surface area (Å²) in [5, 5.41) is 4.55. The summed E-state index contributed by atoms with van der Waals surface area (Å²) in [6, 6.07) is 14.1. The number of hydrogen-bond acceptors (Lipinski definition) is 4. The number of ether oxygens (including phenoxy) is 1. The van der Waals surface area contributed by atoms with Crippen molar-refractivity contribution in [1.29, 1.82) is 0 Å². The van der Waals surface area contributed by atoms with E-state index in [4.69, 9.17) is 4.74 Å². The maximum Gasteiger partial charge on any atom is 0.259 e. The number of hydrazone groups is 1. The Labute approximate surface area is 146 Å². The van der Waals surface area contributed by atoms with E-state index in [1.54, 1.807) is 7.11 Å². The first-order chi connectivity index (χ1) is 12.2. The van der Waals surface area contributed by atoms with Gasteiger partial charge in [-0.05, 0) is 30.5 Å². The number of amides is 1. The second-order valence-corrected chi connectivity index (χ2v) is 6.86. The Morgan fingerprint density at radius 2 is 2.12 bits per heavy atom. The monoisotopic (exact) mass is 333 g/mol. The van der Waals surface area contributed by atoms with E-state index >= 15 is 0 Å². The highest BCUT2D eigenvalue weighted by atomic mass is 16.5. The number of anilines is 1. The molecule has 1 spiro atoms. The number of nitrogens with zero attached hydrogens (tertiary/aromatic N) is 2. The Hall–Kier alpha value is -2.82. The van der Waals surface area contributed by atoms with Crippen molar-refractivity contribution in [1.82, 2.24) is 5.43 Å².